The molecule has 1 aromatic carbocycles. The number of esters is 1. The lowest BCUT2D eigenvalue weighted by atomic mass is 9.81. The molecular weight excluding hydrogens is 335 g/mol. The van der Waals surface area contributed by atoms with E-state index in [0.29, 0.717) is 18.6 Å². The molecule has 142 valence electrons. The van der Waals surface area contributed by atoms with Crippen LogP contribution in [0, 0.1) is 22.6 Å². The molecule has 1 saturated heterocycles. The molecule has 1 aliphatic heterocycles. The minimum atomic E-state index is -0.687. The number of rotatable bonds is 5. The van der Waals surface area contributed by atoms with Gasteiger partial charge in [-0.2, -0.15) is 5.26 Å². The van der Waals surface area contributed by atoms with Gasteiger partial charge in [0.2, 0.25) is 0 Å². The zero-order valence-corrected chi connectivity index (χ0v) is 15.7. The molecule has 1 aromatic rings. The van der Waals surface area contributed by atoms with Gasteiger partial charge >= 0.3 is 5.97 Å². The fourth-order valence-electron chi connectivity index (χ4n) is 3.09. The highest BCUT2D eigenvalue weighted by atomic mass is 19.1. The summed E-state index contributed by atoms with van der Waals surface area (Å²) in [6.07, 6.45) is 3.42. The normalized spacial score (nSPS) is 18.1. The minimum Gasteiger partial charge on any atom is -0.492 e. The Kier molecular flexibility index (Phi) is 6.98. The third-order valence-corrected chi connectivity index (χ3v) is 4.82. The fraction of sp³-hybridized carbons (Fsp3) is 0.600. The second-order valence-electron chi connectivity index (χ2n) is 6.57. The topological polar surface area (TPSA) is 71.3 Å². The molecular formula is C20H27FN2O3. The van der Waals surface area contributed by atoms with Gasteiger partial charge in [-0.15, -0.1) is 0 Å². The van der Waals surface area contributed by atoms with E-state index in [2.05, 4.69) is 16.1 Å². The molecule has 1 N–H and O–H groups in total. The first-order valence-electron chi connectivity index (χ1n) is 9.25. The monoisotopic (exact) mass is 362 g/mol. The van der Waals surface area contributed by atoms with E-state index < -0.39 is 17.2 Å². The number of ether oxygens (including phenoxy) is 2. The molecule has 0 aromatic heterocycles. The molecule has 0 atom stereocenters. The third kappa shape index (κ3) is 4.53. The van der Waals surface area contributed by atoms with Crippen LogP contribution >= 0.6 is 0 Å². The molecule has 0 bridgehead atoms. The summed E-state index contributed by atoms with van der Waals surface area (Å²) in [5, 5.41) is 12.7. The van der Waals surface area contributed by atoms with E-state index in [1.165, 1.54) is 19.2 Å². The Bertz CT molecular complexity index is 674. The first-order chi connectivity index (χ1) is 12.6. The molecule has 0 unspecified atom stereocenters. The SMILES string of the molecule is CC.COC(=O)c1cc(C2CC2)c(OCC2(C#N)CCNCC2)cc1F. The van der Waals surface area contributed by atoms with Crippen LogP contribution in [0.5, 0.6) is 5.75 Å². The van der Waals surface area contributed by atoms with Crippen molar-refractivity contribution in [3.63, 3.8) is 0 Å². The van der Waals surface area contributed by atoms with Gasteiger partial charge in [0, 0.05) is 6.07 Å². The Morgan fingerprint density at radius 3 is 2.54 bits per heavy atom. The molecule has 2 fully saturated rings. The van der Waals surface area contributed by atoms with Crippen LogP contribution in [0.15, 0.2) is 12.1 Å². The van der Waals surface area contributed by atoms with Crippen molar-refractivity contribution in [2.24, 2.45) is 5.41 Å². The zero-order chi connectivity index (χ0) is 19.2. The van der Waals surface area contributed by atoms with E-state index in [1.807, 2.05) is 13.8 Å². The molecule has 1 saturated carbocycles. The summed E-state index contributed by atoms with van der Waals surface area (Å²) < 4.78 is 24.7. The summed E-state index contributed by atoms with van der Waals surface area (Å²) in [4.78, 5) is 11.7. The second-order valence-corrected chi connectivity index (χ2v) is 6.57. The number of benzene rings is 1. The van der Waals surface area contributed by atoms with Crippen molar-refractivity contribution in [3.8, 4) is 11.8 Å². The standard InChI is InChI=1S/C18H21FN2O3.C2H6/c1-23-17(22)14-8-13(12-2-3-12)16(9-15(14)19)24-11-18(10-20)4-6-21-7-5-18;1-2/h8-9,12,21H,2-7,11H2,1H3;1-2H3. The quantitative estimate of drug-likeness (QED) is 0.807. The Morgan fingerprint density at radius 2 is 2.00 bits per heavy atom. The van der Waals surface area contributed by atoms with E-state index in [9.17, 15) is 14.4 Å². The van der Waals surface area contributed by atoms with Crippen LogP contribution in [0.25, 0.3) is 0 Å². The van der Waals surface area contributed by atoms with Gasteiger partial charge in [0.25, 0.3) is 0 Å². The van der Waals surface area contributed by atoms with Gasteiger partial charge in [0.1, 0.15) is 18.2 Å². The van der Waals surface area contributed by atoms with Crippen molar-refractivity contribution < 1.29 is 18.7 Å². The molecule has 0 spiro atoms. The van der Waals surface area contributed by atoms with Crippen LogP contribution in [0.3, 0.4) is 0 Å². The Balaban J connectivity index is 0.00000117. The number of methoxy groups -OCH3 is 1. The number of hydrogen-bond donors (Lipinski definition) is 1. The van der Waals surface area contributed by atoms with Gasteiger partial charge in [0.15, 0.2) is 0 Å². The number of nitrogens with one attached hydrogen (secondary N) is 1. The summed E-state index contributed by atoms with van der Waals surface area (Å²) in [5.74, 6) is -0.615. The van der Waals surface area contributed by atoms with Crippen LogP contribution in [-0.4, -0.2) is 32.8 Å². The summed E-state index contributed by atoms with van der Waals surface area (Å²) in [6.45, 7) is 5.80. The summed E-state index contributed by atoms with van der Waals surface area (Å²) in [7, 11) is 1.23. The number of halogens is 1. The zero-order valence-electron chi connectivity index (χ0n) is 15.7. The molecule has 0 radical (unpaired) electrons. The average Bonchev–Trinajstić information content (AvgIpc) is 3.53. The van der Waals surface area contributed by atoms with Gasteiger partial charge in [-0.25, -0.2) is 9.18 Å². The maximum Gasteiger partial charge on any atom is 0.340 e. The first kappa shape index (κ1) is 20.2. The molecule has 3 rings (SSSR count). The predicted octanol–water partition coefficient (Wildman–Crippen LogP) is 3.79. The average molecular weight is 362 g/mol. The van der Waals surface area contributed by atoms with Crippen molar-refractivity contribution in [3.05, 3.63) is 29.1 Å². The summed E-state index contributed by atoms with van der Waals surface area (Å²) in [5.41, 5.74) is 0.228. The second kappa shape index (κ2) is 9.00. The molecule has 2 aliphatic rings. The lowest BCUT2D eigenvalue weighted by Gasteiger charge is -2.31. The Hall–Kier alpha value is -2.13. The van der Waals surface area contributed by atoms with E-state index >= 15 is 0 Å². The van der Waals surface area contributed by atoms with Gasteiger partial charge in [-0.3, -0.25) is 0 Å². The van der Waals surface area contributed by atoms with Gasteiger partial charge in [0.05, 0.1) is 24.2 Å². The van der Waals surface area contributed by atoms with Gasteiger partial charge < -0.3 is 14.8 Å². The van der Waals surface area contributed by atoms with Crippen LogP contribution in [0.2, 0.25) is 0 Å². The Labute approximate surface area is 154 Å². The highest BCUT2D eigenvalue weighted by Crippen LogP contribution is 2.45. The predicted molar refractivity (Wildman–Crippen MR) is 96.7 cm³/mol. The van der Waals surface area contributed by atoms with Crippen molar-refractivity contribution >= 4 is 5.97 Å². The molecule has 26 heavy (non-hydrogen) atoms. The molecule has 0 amide bonds. The van der Waals surface area contributed by atoms with Crippen molar-refractivity contribution in [1.29, 1.82) is 5.26 Å². The summed E-state index contributed by atoms with van der Waals surface area (Å²) >= 11 is 0. The number of carbonyl (C=O) groups excluding carboxylic acids is 1. The van der Waals surface area contributed by atoms with E-state index in [-0.39, 0.29) is 18.1 Å². The number of piperidine rings is 1. The largest absolute Gasteiger partial charge is 0.492 e. The van der Waals surface area contributed by atoms with Crippen LogP contribution in [0.1, 0.15) is 61.4 Å². The fourth-order valence-corrected chi connectivity index (χ4v) is 3.09. The lowest BCUT2D eigenvalue weighted by Crippen LogP contribution is -2.39. The molecule has 1 heterocycles. The molecule has 1 aliphatic carbocycles. The van der Waals surface area contributed by atoms with Crippen LogP contribution < -0.4 is 10.1 Å². The van der Waals surface area contributed by atoms with E-state index in [4.69, 9.17) is 4.74 Å². The first-order valence-corrected chi connectivity index (χ1v) is 9.25. The number of nitriles is 1. The lowest BCUT2D eigenvalue weighted by molar-refractivity contribution is 0.0595. The maximum absolute atomic E-state index is 14.2. The highest BCUT2D eigenvalue weighted by Gasteiger charge is 2.35. The molecule has 5 nitrogen and oxygen atoms in total. The van der Waals surface area contributed by atoms with Crippen LogP contribution in [0.4, 0.5) is 4.39 Å². The minimum absolute atomic E-state index is 0.0661. The van der Waals surface area contributed by atoms with Crippen molar-refractivity contribution in [2.75, 3.05) is 26.8 Å². The number of nitrogens with zero attached hydrogens (tertiary/aromatic N) is 1. The summed E-state index contributed by atoms with van der Waals surface area (Å²) in [6, 6.07) is 5.17. The smallest absolute Gasteiger partial charge is 0.340 e. The van der Waals surface area contributed by atoms with Gasteiger partial charge in [-0.1, -0.05) is 13.8 Å². The highest BCUT2D eigenvalue weighted by molar-refractivity contribution is 5.90. The van der Waals surface area contributed by atoms with Crippen molar-refractivity contribution in [2.45, 2.75) is 45.4 Å². The van der Waals surface area contributed by atoms with Crippen molar-refractivity contribution in [1.82, 2.24) is 5.32 Å². The van der Waals surface area contributed by atoms with Gasteiger partial charge in [-0.05, 0) is 56.3 Å². The van der Waals surface area contributed by atoms with Crippen LogP contribution in [-0.2, 0) is 4.74 Å². The number of hydrogen-bond acceptors (Lipinski definition) is 5. The number of carbonyl (C=O) groups is 1. The van der Waals surface area contributed by atoms with E-state index in [1.54, 1.807) is 0 Å². The molecule has 6 heteroatoms. The Morgan fingerprint density at radius 1 is 1.35 bits per heavy atom. The van der Waals surface area contributed by atoms with E-state index in [0.717, 1.165) is 31.5 Å². The maximum atomic E-state index is 14.2. The third-order valence-electron chi connectivity index (χ3n) is 4.82.